The van der Waals surface area contributed by atoms with E-state index in [9.17, 15) is 0 Å². The maximum atomic E-state index is 5.99. The highest BCUT2D eigenvalue weighted by atomic mass is 16.3. The molecule has 100 valence electrons. The molecule has 0 bridgehead atoms. The summed E-state index contributed by atoms with van der Waals surface area (Å²) >= 11 is 0. The molecule has 2 heterocycles. The van der Waals surface area contributed by atoms with Crippen LogP contribution in [0.3, 0.4) is 0 Å². The molecule has 18 heavy (non-hydrogen) atoms. The number of furan rings is 1. The van der Waals surface area contributed by atoms with Gasteiger partial charge in [0, 0.05) is 12.6 Å². The van der Waals surface area contributed by atoms with E-state index < -0.39 is 0 Å². The van der Waals surface area contributed by atoms with E-state index in [1.165, 1.54) is 37.9 Å². The number of hydrogen-bond acceptors (Lipinski definition) is 3. The zero-order chi connectivity index (χ0) is 12.5. The Kier molecular flexibility index (Phi) is 3.44. The standard InChI is InChI=1S/C15H24N2O/c1-11-5-6-17(9-11)10-14-7-12(2)15(18-14)8-16-13-3-4-13/h7,11,13,16H,3-6,8-10H2,1-2H3. The minimum Gasteiger partial charge on any atom is -0.463 e. The molecule has 0 spiro atoms. The Morgan fingerprint density at radius 3 is 2.89 bits per heavy atom. The molecule has 1 atom stereocenters. The van der Waals surface area contributed by atoms with Crippen molar-refractivity contribution in [2.45, 2.75) is 52.2 Å². The van der Waals surface area contributed by atoms with Crippen LogP contribution in [0.25, 0.3) is 0 Å². The fraction of sp³-hybridized carbons (Fsp3) is 0.733. The molecule has 1 unspecified atom stereocenters. The van der Waals surface area contributed by atoms with Crippen LogP contribution in [0, 0.1) is 12.8 Å². The first-order valence-corrected chi connectivity index (χ1v) is 7.24. The van der Waals surface area contributed by atoms with Gasteiger partial charge in [-0.3, -0.25) is 4.90 Å². The monoisotopic (exact) mass is 248 g/mol. The summed E-state index contributed by atoms with van der Waals surface area (Å²) in [7, 11) is 0. The molecule has 3 heteroatoms. The van der Waals surface area contributed by atoms with Gasteiger partial charge in [0.1, 0.15) is 11.5 Å². The van der Waals surface area contributed by atoms with Gasteiger partial charge in [-0.2, -0.15) is 0 Å². The van der Waals surface area contributed by atoms with Crippen LogP contribution in [-0.2, 0) is 13.1 Å². The summed E-state index contributed by atoms with van der Waals surface area (Å²) in [5.74, 6) is 3.11. The van der Waals surface area contributed by atoms with Crippen LogP contribution in [0.15, 0.2) is 10.5 Å². The van der Waals surface area contributed by atoms with Crippen LogP contribution >= 0.6 is 0 Å². The highest BCUT2D eigenvalue weighted by molar-refractivity contribution is 5.20. The summed E-state index contributed by atoms with van der Waals surface area (Å²) in [4.78, 5) is 2.50. The fourth-order valence-electron chi connectivity index (χ4n) is 2.76. The Morgan fingerprint density at radius 1 is 1.39 bits per heavy atom. The second kappa shape index (κ2) is 5.06. The van der Waals surface area contributed by atoms with Gasteiger partial charge < -0.3 is 9.73 Å². The molecule has 1 saturated heterocycles. The first-order valence-electron chi connectivity index (χ1n) is 7.24. The lowest BCUT2D eigenvalue weighted by Gasteiger charge is -2.12. The number of nitrogens with one attached hydrogen (secondary N) is 1. The molecule has 2 fully saturated rings. The van der Waals surface area contributed by atoms with Crippen molar-refractivity contribution < 1.29 is 4.42 Å². The molecular formula is C15H24N2O. The third-order valence-electron chi connectivity index (χ3n) is 4.09. The molecular weight excluding hydrogens is 224 g/mol. The van der Waals surface area contributed by atoms with Crippen LogP contribution in [-0.4, -0.2) is 24.0 Å². The van der Waals surface area contributed by atoms with Crippen LogP contribution in [0.5, 0.6) is 0 Å². The summed E-state index contributed by atoms with van der Waals surface area (Å²) in [6.07, 6.45) is 3.99. The SMILES string of the molecule is Cc1cc(CN2CCC(C)C2)oc1CNC1CC1. The van der Waals surface area contributed by atoms with Crippen LogP contribution in [0.1, 0.15) is 43.3 Å². The zero-order valence-electron chi connectivity index (χ0n) is 11.5. The molecule has 1 aromatic rings. The summed E-state index contributed by atoms with van der Waals surface area (Å²) in [6, 6.07) is 2.96. The molecule has 1 aromatic heterocycles. The molecule has 1 saturated carbocycles. The summed E-state index contributed by atoms with van der Waals surface area (Å²) in [6.45, 7) is 8.80. The lowest BCUT2D eigenvalue weighted by Crippen LogP contribution is -2.19. The Bertz CT molecular complexity index is 409. The van der Waals surface area contributed by atoms with E-state index in [1.807, 2.05) is 0 Å². The Hall–Kier alpha value is -0.800. The summed E-state index contributed by atoms with van der Waals surface area (Å²) < 4.78 is 5.99. The van der Waals surface area contributed by atoms with E-state index >= 15 is 0 Å². The first kappa shape index (κ1) is 12.2. The second-order valence-electron chi connectivity index (χ2n) is 6.10. The molecule has 2 aliphatic rings. The smallest absolute Gasteiger partial charge is 0.120 e. The minimum absolute atomic E-state index is 0.748. The fourth-order valence-corrected chi connectivity index (χ4v) is 2.76. The van der Waals surface area contributed by atoms with Crippen LogP contribution < -0.4 is 5.32 Å². The number of nitrogens with zero attached hydrogens (tertiary/aromatic N) is 1. The molecule has 0 aromatic carbocycles. The average molecular weight is 248 g/mol. The van der Waals surface area contributed by atoms with Crippen molar-refractivity contribution in [2.24, 2.45) is 5.92 Å². The van der Waals surface area contributed by atoms with Crippen molar-refractivity contribution in [1.29, 1.82) is 0 Å². The van der Waals surface area contributed by atoms with Gasteiger partial charge in [0.05, 0.1) is 13.1 Å². The molecule has 1 aliphatic heterocycles. The van der Waals surface area contributed by atoms with E-state index in [0.29, 0.717) is 0 Å². The van der Waals surface area contributed by atoms with Gasteiger partial charge >= 0.3 is 0 Å². The summed E-state index contributed by atoms with van der Waals surface area (Å²) in [5, 5.41) is 3.52. The van der Waals surface area contributed by atoms with Gasteiger partial charge in [-0.1, -0.05) is 6.92 Å². The van der Waals surface area contributed by atoms with E-state index in [0.717, 1.165) is 36.6 Å². The number of likely N-dealkylation sites (tertiary alicyclic amines) is 1. The molecule has 3 rings (SSSR count). The van der Waals surface area contributed by atoms with E-state index in [2.05, 4.69) is 30.1 Å². The Morgan fingerprint density at radius 2 is 2.22 bits per heavy atom. The molecule has 0 amide bonds. The summed E-state index contributed by atoms with van der Waals surface area (Å²) in [5.41, 5.74) is 1.30. The average Bonchev–Trinajstić information content (AvgIpc) is 2.98. The van der Waals surface area contributed by atoms with Crippen molar-refractivity contribution in [1.82, 2.24) is 10.2 Å². The van der Waals surface area contributed by atoms with Gasteiger partial charge in [0.25, 0.3) is 0 Å². The highest BCUT2D eigenvalue weighted by Crippen LogP contribution is 2.23. The van der Waals surface area contributed by atoms with Gasteiger partial charge in [-0.15, -0.1) is 0 Å². The van der Waals surface area contributed by atoms with Crippen molar-refractivity contribution >= 4 is 0 Å². The lowest BCUT2D eigenvalue weighted by atomic mass is 10.2. The van der Waals surface area contributed by atoms with Gasteiger partial charge in [0.15, 0.2) is 0 Å². The lowest BCUT2D eigenvalue weighted by molar-refractivity contribution is 0.284. The predicted molar refractivity (Wildman–Crippen MR) is 72.4 cm³/mol. The minimum atomic E-state index is 0.748. The van der Waals surface area contributed by atoms with Gasteiger partial charge in [0.2, 0.25) is 0 Å². The molecule has 1 N–H and O–H groups in total. The first-order chi connectivity index (χ1) is 8.70. The third kappa shape index (κ3) is 2.96. The Labute approximate surface area is 110 Å². The van der Waals surface area contributed by atoms with E-state index in [1.54, 1.807) is 0 Å². The maximum Gasteiger partial charge on any atom is 0.120 e. The third-order valence-corrected chi connectivity index (χ3v) is 4.09. The van der Waals surface area contributed by atoms with Crippen molar-refractivity contribution in [3.8, 4) is 0 Å². The van der Waals surface area contributed by atoms with E-state index in [4.69, 9.17) is 4.42 Å². The van der Waals surface area contributed by atoms with Crippen molar-refractivity contribution in [3.05, 3.63) is 23.2 Å². The van der Waals surface area contributed by atoms with Gasteiger partial charge in [-0.05, 0) is 50.3 Å². The zero-order valence-corrected chi connectivity index (χ0v) is 11.5. The predicted octanol–water partition coefficient (Wildman–Crippen LogP) is 2.68. The van der Waals surface area contributed by atoms with Crippen molar-refractivity contribution in [2.75, 3.05) is 13.1 Å². The quantitative estimate of drug-likeness (QED) is 0.868. The molecule has 0 radical (unpaired) electrons. The largest absolute Gasteiger partial charge is 0.463 e. The second-order valence-corrected chi connectivity index (χ2v) is 6.10. The molecule has 3 nitrogen and oxygen atoms in total. The highest BCUT2D eigenvalue weighted by Gasteiger charge is 2.22. The topological polar surface area (TPSA) is 28.4 Å². The van der Waals surface area contributed by atoms with Crippen LogP contribution in [0.4, 0.5) is 0 Å². The normalized spacial score (nSPS) is 24.9. The van der Waals surface area contributed by atoms with Gasteiger partial charge in [-0.25, -0.2) is 0 Å². The van der Waals surface area contributed by atoms with Crippen LogP contribution in [0.2, 0.25) is 0 Å². The maximum absolute atomic E-state index is 5.99. The number of aryl methyl sites for hydroxylation is 1. The number of hydrogen-bond donors (Lipinski definition) is 1. The number of rotatable bonds is 5. The Balaban J connectivity index is 1.56. The molecule has 1 aliphatic carbocycles. The van der Waals surface area contributed by atoms with Crippen molar-refractivity contribution in [3.63, 3.8) is 0 Å². The van der Waals surface area contributed by atoms with E-state index in [-0.39, 0.29) is 0 Å².